The third-order valence-corrected chi connectivity index (χ3v) is 11.3. The number of hydrogen-bond acceptors (Lipinski definition) is 6. The fraction of sp³-hybridized carbons (Fsp3) is 1.00. The van der Waals surface area contributed by atoms with Crippen LogP contribution in [0.2, 0.25) is 0 Å². The van der Waals surface area contributed by atoms with Crippen LogP contribution in [0, 0.1) is 40.4 Å². The van der Waals surface area contributed by atoms with Gasteiger partial charge >= 0.3 is 0 Å². The second-order valence-electron chi connectivity index (χ2n) is 11.6. The average Bonchev–Trinajstić information content (AvgIpc) is 3.11. The molecule has 5 saturated carbocycles. The molecule has 2 unspecified atom stereocenters. The lowest BCUT2D eigenvalue weighted by Crippen LogP contribution is -2.76. The van der Waals surface area contributed by atoms with E-state index < -0.39 is 17.8 Å². The smallest absolute Gasteiger partial charge is 0.0827 e. The van der Waals surface area contributed by atoms with Gasteiger partial charge in [0.25, 0.3) is 0 Å². The highest BCUT2D eigenvalue weighted by Crippen LogP contribution is 2.79. The van der Waals surface area contributed by atoms with Gasteiger partial charge in [-0.05, 0) is 37.1 Å². The molecule has 6 fully saturated rings. The van der Waals surface area contributed by atoms with E-state index in [-0.39, 0.29) is 52.8 Å². The van der Waals surface area contributed by atoms with Crippen LogP contribution in [0.15, 0.2) is 0 Å². The minimum Gasteiger partial charge on any atom is -0.392 e. The molecule has 0 aromatic heterocycles. The van der Waals surface area contributed by atoms with Crippen molar-refractivity contribution in [1.82, 2.24) is 4.90 Å². The lowest BCUT2D eigenvalue weighted by atomic mass is 9.43. The Balaban J connectivity index is 1.64. The molecule has 1 spiro atoms. The maximum Gasteiger partial charge on any atom is 0.0827 e. The van der Waals surface area contributed by atoms with E-state index in [1.807, 2.05) is 7.11 Å². The topological polar surface area (TPSA) is 71.4 Å². The van der Waals surface area contributed by atoms with Gasteiger partial charge in [0.15, 0.2) is 0 Å². The van der Waals surface area contributed by atoms with E-state index in [9.17, 15) is 10.2 Å². The highest BCUT2D eigenvalue weighted by atomic mass is 16.5. The van der Waals surface area contributed by atoms with Crippen LogP contribution < -0.4 is 0 Å². The molecule has 30 heavy (non-hydrogen) atoms. The molecule has 6 aliphatic rings. The zero-order valence-electron chi connectivity index (χ0n) is 19.1. The van der Waals surface area contributed by atoms with Crippen molar-refractivity contribution in [3.63, 3.8) is 0 Å². The van der Waals surface area contributed by atoms with Crippen LogP contribution in [0.1, 0.15) is 39.5 Å². The molecule has 0 amide bonds. The van der Waals surface area contributed by atoms with Gasteiger partial charge in [-0.1, -0.05) is 13.8 Å². The van der Waals surface area contributed by atoms with Crippen LogP contribution in [-0.2, 0) is 14.2 Å². The summed E-state index contributed by atoms with van der Waals surface area (Å²) in [5, 5.41) is 23.7. The van der Waals surface area contributed by atoms with Gasteiger partial charge in [-0.25, -0.2) is 0 Å². The summed E-state index contributed by atoms with van der Waals surface area (Å²) >= 11 is 0. The Labute approximate surface area is 180 Å². The zero-order chi connectivity index (χ0) is 21.2. The molecule has 0 aromatic carbocycles. The molecular weight excluding hydrogens is 382 g/mol. The van der Waals surface area contributed by atoms with Gasteiger partial charge < -0.3 is 24.4 Å². The molecule has 13 atom stereocenters. The van der Waals surface area contributed by atoms with Crippen LogP contribution in [0.4, 0.5) is 0 Å². The summed E-state index contributed by atoms with van der Waals surface area (Å²) in [4.78, 5) is 2.65. The van der Waals surface area contributed by atoms with Crippen LogP contribution in [0.3, 0.4) is 0 Å². The van der Waals surface area contributed by atoms with Gasteiger partial charge in [-0.15, -0.1) is 0 Å². The molecule has 5 aliphatic carbocycles. The Morgan fingerprint density at radius 1 is 1.07 bits per heavy atom. The molecule has 6 nitrogen and oxygen atoms in total. The molecule has 1 heterocycles. The summed E-state index contributed by atoms with van der Waals surface area (Å²) in [7, 11) is 5.43. The number of likely N-dealkylation sites (tertiary alicyclic amines) is 1. The summed E-state index contributed by atoms with van der Waals surface area (Å²) < 4.78 is 18.7. The Kier molecular flexibility index (Phi) is 4.21. The SMILES string of the molecule is CCN1C[C@]2(C)CC[C@H](OC)[C@@]34C2[C@H](O)C([C@@H]13)[C@@]1(OC)C[C@H](OC)[C@H]2C[C@@H]4[C@@H]1[C@H]2O. The normalized spacial score (nSPS) is 63.3. The first kappa shape index (κ1) is 20.4. The predicted octanol–water partition coefficient (Wildman–Crippen LogP) is 1.53. The fourth-order valence-electron chi connectivity index (χ4n) is 10.8. The third-order valence-electron chi connectivity index (χ3n) is 11.3. The minimum absolute atomic E-state index is 0.0161. The first-order valence-electron chi connectivity index (χ1n) is 12.1. The van der Waals surface area contributed by atoms with Gasteiger partial charge in [0.2, 0.25) is 0 Å². The molecule has 0 aromatic rings. The lowest BCUT2D eigenvalue weighted by molar-refractivity contribution is -0.276. The van der Waals surface area contributed by atoms with Crippen molar-refractivity contribution in [1.29, 1.82) is 0 Å². The van der Waals surface area contributed by atoms with E-state index in [4.69, 9.17) is 14.2 Å². The lowest BCUT2D eigenvalue weighted by Gasteiger charge is -2.69. The van der Waals surface area contributed by atoms with Crippen LogP contribution in [-0.4, -0.2) is 85.6 Å². The molecule has 6 heteroatoms. The van der Waals surface area contributed by atoms with Crippen LogP contribution in [0.5, 0.6) is 0 Å². The summed E-state index contributed by atoms with van der Waals surface area (Å²) in [5.74, 6) is 0.686. The Morgan fingerprint density at radius 2 is 1.83 bits per heavy atom. The summed E-state index contributed by atoms with van der Waals surface area (Å²) in [6.45, 7) is 6.69. The van der Waals surface area contributed by atoms with E-state index in [1.165, 1.54) is 0 Å². The largest absolute Gasteiger partial charge is 0.392 e. The van der Waals surface area contributed by atoms with Crippen molar-refractivity contribution in [3.05, 3.63) is 0 Å². The maximum absolute atomic E-state index is 12.1. The molecular formula is C24H39NO5. The van der Waals surface area contributed by atoms with Gasteiger partial charge in [0.1, 0.15) is 0 Å². The first-order valence-corrected chi connectivity index (χ1v) is 12.1. The molecule has 0 radical (unpaired) electrons. The second kappa shape index (κ2) is 6.21. The van der Waals surface area contributed by atoms with Crippen LogP contribution >= 0.6 is 0 Å². The number of aliphatic hydroxyl groups excluding tert-OH is 2. The Morgan fingerprint density at radius 3 is 2.47 bits per heavy atom. The predicted molar refractivity (Wildman–Crippen MR) is 111 cm³/mol. The molecule has 2 N–H and O–H groups in total. The number of aliphatic hydroxyl groups is 2. The van der Waals surface area contributed by atoms with Crippen molar-refractivity contribution in [2.24, 2.45) is 40.4 Å². The molecule has 1 aliphatic heterocycles. The van der Waals surface area contributed by atoms with Crippen molar-refractivity contribution >= 4 is 0 Å². The minimum atomic E-state index is -0.540. The Hall–Kier alpha value is -0.240. The highest BCUT2D eigenvalue weighted by Gasteiger charge is 2.86. The Bertz CT molecular complexity index is 734. The number of methoxy groups -OCH3 is 3. The average molecular weight is 422 g/mol. The van der Waals surface area contributed by atoms with Crippen molar-refractivity contribution in [2.45, 2.75) is 75.6 Å². The second-order valence-corrected chi connectivity index (χ2v) is 11.6. The van der Waals surface area contributed by atoms with E-state index >= 15 is 0 Å². The quantitative estimate of drug-likeness (QED) is 0.717. The number of ether oxygens (including phenoxy) is 3. The number of hydrogen-bond donors (Lipinski definition) is 2. The summed E-state index contributed by atoms with van der Waals surface area (Å²) in [5.41, 5.74) is -0.584. The fourth-order valence-corrected chi connectivity index (χ4v) is 10.8. The van der Waals surface area contributed by atoms with E-state index in [2.05, 4.69) is 18.7 Å². The van der Waals surface area contributed by atoms with Gasteiger partial charge in [0, 0.05) is 69.4 Å². The first-order chi connectivity index (χ1) is 14.4. The van der Waals surface area contributed by atoms with Crippen molar-refractivity contribution < 1.29 is 24.4 Å². The van der Waals surface area contributed by atoms with Crippen molar-refractivity contribution in [3.8, 4) is 0 Å². The maximum atomic E-state index is 12.1. The zero-order valence-corrected chi connectivity index (χ0v) is 19.1. The standard InChI is InChI=1S/C24H39NO5/c1-6-25-11-22(2)8-7-15(29-4)24-13-9-12-14(28-3)10-23(30-5,16(13)18(12)26)17(21(24)25)19(27)20(22)24/h12-21,26-27H,6-11H2,1-5H3/t12-,13-,14+,15+,16-,17?,18+,19-,20?,21-,22+,23-,24+/m1/s1. The van der Waals surface area contributed by atoms with E-state index in [0.717, 1.165) is 38.8 Å². The third kappa shape index (κ3) is 1.88. The van der Waals surface area contributed by atoms with Crippen molar-refractivity contribution in [2.75, 3.05) is 34.4 Å². The van der Waals surface area contributed by atoms with Gasteiger partial charge in [-0.2, -0.15) is 0 Å². The molecule has 7 bridgehead atoms. The van der Waals surface area contributed by atoms with Gasteiger partial charge in [0.05, 0.1) is 30.0 Å². The number of rotatable bonds is 4. The molecule has 170 valence electrons. The van der Waals surface area contributed by atoms with Crippen LogP contribution in [0.25, 0.3) is 0 Å². The monoisotopic (exact) mass is 421 g/mol. The van der Waals surface area contributed by atoms with Gasteiger partial charge in [-0.3, -0.25) is 4.90 Å². The number of nitrogens with zero attached hydrogens (tertiary/aromatic N) is 1. The molecule has 1 saturated heterocycles. The number of piperidine rings is 1. The van der Waals surface area contributed by atoms with E-state index in [1.54, 1.807) is 14.2 Å². The number of fused-ring (bicyclic) bond motifs is 2. The summed E-state index contributed by atoms with van der Waals surface area (Å²) in [6, 6.07) is 0.239. The summed E-state index contributed by atoms with van der Waals surface area (Å²) in [6.07, 6.45) is 3.12. The molecule has 6 rings (SSSR count). The highest BCUT2D eigenvalue weighted by molar-refractivity contribution is 5.35. The van der Waals surface area contributed by atoms with E-state index in [0.29, 0.717) is 5.92 Å².